The van der Waals surface area contributed by atoms with Crippen LogP contribution in [0.4, 0.5) is 0 Å². The summed E-state index contributed by atoms with van der Waals surface area (Å²) in [4.78, 5) is 24.7. The third-order valence-electron chi connectivity index (χ3n) is 19.2. The highest BCUT2D eigenvalue weighted by Gasteiger charge is 2.20. The fourth-order valence-corrected chi connectivity index (χ4v) is 13.1. The molecule has 508 valence electrons. The molecule has 0 aliphatic carbocycles. The van der Waals surface area contributed by atoms with E-state index in [0.29, 0.717) is 25.9 Å². The number of aliphatic hydroxyl groups is 2. The normalized spacial score (nSPS) is 12.4. The van der Waals surface area contributed by atoms with Crippen LogP contribution in [0.1, 0.15) is 470 Å². The van der Waals surface area contributed by atoms with Gasteiger partial charge in [0.25, 0.3) is 0 Å². The number of nitrogens with one attached hydrogen (secondary N) is 1. The van der Waals surface area contributed by atoms with Crippen molar-refractivity contribution in [1.29, 1.82) is 0 Å². The van der Waals surface area contributed by atoms with Gasteiger partial charge in [0, 0.05) is 12.8 Å². The lowest BCUT2D eigenvalue weighted by Gasteiger charge is -2.22. The van der Waals surface area contributed by atoms with Crippen LogP contribution in [0.25, 0.3) is 0 Å². The molecule has 6 nitrogen and oxygen atoms in total. The van der Waals surface area contributed by atoms with E-state index < -0.39 is 12.1 Å². The summed E-state index contributed by atoms with van der Waals surface area (Å²) in [5.41, 5.74) is 0. The zero-order chi connectivity index (χ0) is 61.3. The number of hydrogen-bond acceptors (Lipinski definition) is 5. The summed E-state index contributed by atoms with van der Waals surface area (Å²) in [7, 11) is 0. The zero-order valence-corrected chi connectivity index (χ0v) is 58.4. The van der Waals surface area contributed by atoms with Gasteiger partial charge in [-0.25, -0.2) is 0 Å². The molecule has 0 aromatic rings. The first-order chi connectivity index (χ1) is 42.0. The number of carbonyl (C=O) groups excluding carboxylic acids is 2. The van der Waals surface area contributed by atoms with Crippen LogP contribution in [0.3, 0.4) is 0 Å². The second-order valence-corrected chi connectivity index (χ2v) is 27.8. The molecule has 1 amide bonds. The van der Waals surface area contributed by atoms with E-state index in [1.54, 1.807) is 0 Å². The molecule has 0 heterocycles. The van der Waals surface area contributed by atoms with Gasteiger partial charge in [0.2, 0.25) is 5.91 Å². The van der Waals surface area contributed by atoms with Crippen LogP contribution < -0.4 is 5.32 Å². The zero-order valence-electron chi connectivity index (χ0n) is 58.4. The van der Waals surface area contributed by atoms with Crippen LogP contribution in [-0.4, -0.2) is 47.4 Å². The Morgan fingerprint density at radius 1 is 0.282 bits per heavy atom. The van der Waals surface area contributed by atoms with Gasteiger partial charge in [-0.3, -0.25) is 9.59 Å². The first-order valence-corrected chi connectivity index (χ1v) is 39.8. The van der Waals surface area contributed by atoms with Gasteiger partial charge >= 0.3 is 5.97 Å². The lowest BCUT2D eigenvalue weighted by molar-refractivity contribution is -0.143. The van der Waals surface area contributed by atoms with Crippen molar-refractivity contribution in [3.8, 4) is 0 Å². The number of aliphatic hydroxyl groups excluding tert-OH is 2. The van der Waals surface area contributed by atoms with E-state index in [2.05, 4.69) is 19.2 Å². The largest absolute Gasteiger partial charge is 0.466 e. The Morgan fingerprint density at radius 3 is 0.718 bits per heavy atom. The number of rotatable bonds is 76. The van der Waals surface area contributed by atoms with Crippen molar-refractivity contribution in [2.24, 2.45) is 0 Å². The lowest BCUT2D eigenvalue weighted by atomic mass is 10.0. The minimum absolute atomic E-state index is 0.0254. The van der Waals surface area contributed by atoms with E-state index in [1.807, 2.05) is 0 Å². The molecule has 0 rings (SSSR count). The predicted octanol–water partition coefficient (Wildman–Crippen LogP) is 26.1. The molecule has 0 saturated carbocycles. The van der Waals surface area contributed by atoms with E-state index in [4.69, 9.17) is 4.74 Å². The van der Waals surface area contributed by atoms with E-state index in [1.165, 1.54) is 398 Å². The fourth-order valence-electron chi connectivity index (χ4n) is 13.1. The van der Waals surface area contributed by atoms with Gasteiger partial charge in [-0.2, -0.15) is 0 Å². The van der Waals surface area contributed by atoms with Crippen LogP contribution >= 0.6 is 0 Å². The Morgan fingerprint density at radius 2 is 0.482 bits per heavy atom. The van der Waals surface area contributed by atoms with Crippen molar-refractivity contribution in [2.75, 3.05) is 13.2 Å². The summed E-state index contributed by atoms with van der Waals surface area (Å²) >= 11 is 0. The maximum absolute atomic E-state index is 12.6. The highest BCUT2D eigenvalue weighted by atomic mass is 16.5. The van der Waals surface area contributed by atoms with Gasteiger partial charge in [-0.05, 0) is 25.7 Å². The molecule has 0 spiro atoms. The molecule has 0 aliphatic heterocycles. The van der Waals surface area contributed by atoms with Crippen LogP contribution in [0.5, 0.6) is 0 Å². The summed E-state index contributed by atoms with van der Waals surface area (Å²) in [6.45, 7) is 5.02. The molecule has 0 fully saturated rings. The summed E-state index contributed by atoms with van der Waals surface area (Å²) < 4.78 is 5.52. The average Bonchev–Trinajstić information content (AvgIpc) is 3.51. The third kappa shape index (κ3) is 71.8. The average molecular weight is 1200 g/mol. The maximum atomic E-state index is 12.6. The van der Waals surface area contributed by atoms with Crippen LogP contribution in [0, 0.1) is 0 Å². The van der Waals surface area contributed by atoms with Crippen molar-refractivity contribution >= 4 is 11.9 Å². The maximum Gasteiger partial charge on any atom is 0.305 e. The van der Waals surface area contributed by atoms with E-state index in [-0.39, 0.29) is 18.5 Å². The Kier molecular flexibility index (Phi) is 74.3. The molecule has 6 heteroatoms. The summed E-state index contributed by atoms with van der Waals surface area (Å²) in [5.74, 6) is 0.00113. The Labute approximate surface area is 534 Å². The Hall–Kier alpha value is -1.14. The molecule has 3 N–H and O–H groups in total. The molecular formula is C79H157NO5. The molecule has 0 radical (unpaired) electrons. The summed E-state index contributed by atoms with van der Waals surface area (Å²) in [6.07, 6.45) is 93.4. The van der Waals surface area contributed by atoms with Crippen molar-refractivity contribution < 1.29 is 24.5 Å². The van der Waals surface area contributed by atoms with E-state index in [9.17, 15) is 19.8 Å². The SMILES string of the molecule is CCCCCCCCCCCCCCCCCCCCCC(=O)OCCCCCCCCCCCCCCCCCCCCCCCCCCCCCCCCC(=O)NC(CO)C(O)CCCCCCCCCCCCCCCCCCCCC. The smallest absolute Gasteiger partial charge is 0.305 e. The predicted molar refractivity (Wildman–Crippen MR) is 375 cm³/mol. The third-order valence-corrected chi connectivity index (χ3v) is 19.2. The molecule has 85 heavy (non-hydrogen) atoms. The highest BCUT2D eigenvalue weighted by molar-refractivity contribution is 5.76. The first-order valence-electron chi connectivity index (χ1n) is 39.8. The minimum Gasteiger partial charge on any atom is -0.466 e. The molecule has 2 unspecified atom stereocenters. The molecule has 0 aromatic heterocycles. The summed E-state index contributed by atoms with van der Waals surface area (Å²) in [5, 5.41) is 23.4. The standard InChI is InChI=1S/C79H157NO5/c1-3-5-7-9-11-13-15-17-19-21-35-39-43-47-51-55-59-63-67-71-77(82)76(75-81)80-78(83)72-68-64-60-56-52-48-44-40-37-33-31-29-27-25-23-24-26-28-30-32-34-38-42-46-50-54-58-62-66-70-74-85-79(84)73-69-65-61-57-53-49-45-41-36-22-20-18-16-14-12-10-8-6-4-2/h76-77,81-82H,3-75H2,1-2H3,(H,80,83). The number of amides is 1. The van der Waals surface area contributed by atoms with Crippen LogP contribution in [-0.2, 0) is 14.3 Å². The Balaban J connectivity index is 3.31. The van der Waals surface area contributed by atoms with Gasteiger partial charge in [0.1, 0.15) is 0 Å². The minimum atomic E-state index is -0.661. The molecule has 0 aromatic carbocycles. The second-order valence-electron chi connectivity index (χ2n) is 27.8. The van der Waals surface area contributed by atoms with Crippen molar-refractivity contribution in [2.45, 2.75) is 482 Å². The first kappa shape index (κ1) is 83.9. The van der Waals surface area contributed by atoms with Crippen molar-refractivity contribution in [3.63, 3.8) is 0 Å². The monoisotopic (exact) mass is 1200 g/mol. The van der Waals surface area contributed by atoms with Crippen molar-refractivity contribution in [1.82, 2.24) is 5.32 Å². The van der Waals surface area contributed by atoms with Gasteiger partial charge < -0.3 is 20.3 Å². The van der Waals surface area contributed by atoms with E-state index >= 15 is 0 Å². The molecule has 0 aliphatic rings. The number of unbranched alkanes of at least 4 members (excludes halogenated alkanes) is 65. The molecule has 0 bridgehead atoms. The summed E-state index contributed by atoms with van der Waals surface area (Å²) in [6, 6.07) is -0.538. The number of carbonyl (C=O) groups is 2. The van der Waals surface area contributed by atoms with Crippen LogP contribution in [0.2, 0.25) is 0 Å². The second kappa shape index (κ2) is 75.3. The quantitative estimate of drug-likeness (QED) is 0.0417. The number of ether oxygens (including phenoxy) is 1. The number of esters is 1. The van der Waals surface area contributed by atoms with Crippen LogP contribution in [0.15, 0.2) is 0 Å². The lowest BCUT2D eigenvalue weighted by Crippen LogP contribution is -2.45. The van der Waals surface area contributed by atoms with Crippen molar-refractivity contribution in [3.05, 3.63) is 0 Å². The van der Waals surface area contributed by atoms with E-state index in [0.717, 1.165) is 38.5 Å². The highest BCUT2D eigenvalue weighted by Crippen LogP contribution is 2.21. The van der Waals surface area contributed by atoms with Gasteiger partial charge in [-0.15, -0.1) is 0 Å². The fraction of sp³-hybridized carbons (Fsp3) is 0.975. The van der Waals surface area contributed by atoms with Gasteiger partial charge in [0.05, 0.1) is 25.4 Å². The molecule has 0 saturated heterocycles. The number of hydrogen-bond donors (Lipinski definition) is 3. The van der Waals surface area contributed by atoms with Gasteiger partial charge in [0.15, 0.2) is 0 Å². The topological polar surface area (TPSA) is 95.9 Å². The Bertz CT molecular complexity index is 1240. The van der Waals surface area contributed by atoms with Gasteiger partial charge in [-0.1, -0.05) is 431 Å². The molecular weight excluding hydrogens is 1040 g/mol. The molecule has 2 atom stereocenters.